The van der Waals surface area contributed by atoms with Crippen molar-refractivity contribution in [1.29, 1.82) is 0 Å². The van der Waals surface area contributed by atoms with Crippen molar-refractivity contribution in [3.63, 3.8) is 0 Å². The molecule has 1 atom stereocenters. The van der Waals surface area contributed by atoms with Crippen molar-refractivity contribution in [3.8, 4) is 11.5 Å². The maximum atomic E-state index is 13.3. The van der Waals surface area contributed by atoms with Gasteiger partial charge in [0.15, 0.2) is 0 Å². The van der Waals surface area contributed by atoms with Gasteiger partial charge in [-0.3, -0.25) is 4.79 Å². The Balaban J connectivity index is 2.34. The van der Waals surface area contributed by atoms with Gasteiger partial charge in [0.1, 0.15) is 17.3 Å². The number of aliphatic carboxylic acids is 1. The minimum absolute atomic E-state index is 0.200. The average molecular weight is 304 g/mol. The second kappa shape index (κ2) is 6.93. The molecule has 0 bridgehead atoms. The second-order valence-electron chi connectivity index (χ2n) is 4.83. The van der Waals surface area contributed by atoms with Crippen molar-refractivity contribution in [3.05, 3.63) is 59.4 Å². The molecule has 0 aliphatic rings. The van der Waals surface area contributed by atoms with Gasteiger partial charge in [-0.2, -0.15) is 0 Å². The topological polar surface area (TPSA) is 55.8 Å². The van der Waals surface area contributed by atoms with E-state index in [1.165, 1.54) is 25.3 Å². The quantitative estimate of drug-likeness (QED) is 0.890. The molecule has 5 heteroatoms. The first-order valence-electron chi connectivity index (χ1n) is 6.74. The fourth-order valence-corrected chi connectivity index (χ4v) is 2.31. The Labute approximate surface area is 128 Å². The van der Waals surface area contributed by atoms with Crippen LogP contribution in [0.4, 0.5) is 4.39 Å². The van der Waals surface area contributed by atoms with E-state index in [9.17, 15) is 14.3 Å². The molecule has 116 valence electrons. The molecular formula is C17H17FO4. The van der Waals surface area contributed by atoms with Gasteiger partial charge in [0.05, 0.1) is 20.1 Å². The first-order chi connectivity index (χ1) is 10.5. The molecule has 22 heavy (non-hydrogen) atoms. The number of carbonyl (C=O) groups is 1. The molecule has 1 unspecified atom stereocenters. The molecule has 0 aliphatic carbocycles. The van der Waals surface area contributed by atoms with Crippen LogP contribution in [0.5, 0.6) is 11.5 Å². The lowest BCUT2D eigenvalue weighted by molar-refractivity contribution is -0.138. The average Bonchev–Trinajstić information content (AvgIpc) is 2.52. The van der Waals surface area contributed by atoms with Crippen LogP contribution in [0.15, 0.2) is 42.5 Å². The molecule has 0 heterocycles. The number of carboxylic acid groups (broad SMARTS) is 1. The number of hydrogen-bond acceptors (Lipinski definition) is 3. The fourth-order valence-electron chi connectivity index (χ4n) is 2.31. The Bertz CT molecular complexity index is 669. The highest BCUT2D eigenvalue weighted by atomic mass is 19.1. The van der Waals surface area contributed by atoms with Gasteiger partial charge in [-0.1, -0.05) is 18.2 Å². The molecule has 2 aromatic carbocycles. The van der Waals surface area contributed by atoms with Crippen LogP contribution in [-0.2, 0) is 11.2 Å². The molecule has 0 aromatic heterocycles. The van der Waals surface area contributed by atoms with Gasteiger partial charge in [0.2, 0.25) is 0 Å². The maximum Gasteiger partial charge on any atom is 0.311 e. The van der Waals surface area contributed by atoms with E-state index in [-0.39, 0.29) is 6.42 Å². The molecule has 0 spiro atoms. The molecule has 0 saturated heterocycles. The van der Waals surface area contributed by atoms with Gasteiger partial charge < -0.3 is 14.6 Å². The summed E-state index contributed by atoms with van der Waals surface area (Å²) in [6.45, 7) is 0. The van der Waals surface area contributed by atoms with Crippen LogP contribution in [-0.4, -0.2) is 25.3 Å². The summed E-state index contributed by atoms with van der Waals surface area (Å²) in [4.78, 5) is 11.6. The van der Waals surface area contributed by atoms with E-state index in [4.69, 9.17) is 9.47 Å². The van der Waals surface area contributed by atoms with Crippen LogP contribution in [0.1, 0.15) is 17.0 Å². The largest absolute Gasteiger partial charge is 0.497 e. The van der Waals surface area contributed by atoms with Crippen molar-refractivity contribution in [1.82, 2.24) is 0 Å². The molecule has 0 aliphatic heterocycles. The summed E-state index contributed by atoms with van der Waals surface area (Å²) in [5, 5.41) is 9.46. The number of ether oxygens (including phenoxy) is 2. The zero-order valence-corrected chi connectivity index (χ0v) is 12.4. The van der Waals surface area contributed by atoms with Gasteiger partial charge in [0, 0.05) is 6.07 Å². The van der Waals surface area contributed by atoms with E-state index in [0.717, 1.165) is 5.56 Å². The second-order valence-corrected chi connectivity index (χ2v) is 4.83. The summed E-state index contributed by atoms with van der Waals surface area (Å²) in [5.41, 5.74) is 1.14. The molecule has 0 radical (unpaired) electrons. The van der Waals surface area contributed by atoms with Crippen LogP contribution in [0.2, 0.25) is 0 Å². The van der Waals surface area contributed by atoms with E-state index < -0.39 is 17.7 Å². The monoisotopic (exact) mass is 304 g/mol. The number of hydrogen-bond donors (Lipinski definition) is 1. The summed E-state index contributed by atoms with van der Waals surface area (Å²) in [6.07, 6.45) is 0.200. The summed E-state index contributed by atoms with van der Waals surface area (Å²) in [6, 6.07) is 10.8. The van der Waals surface area contributed by atoms with Gasteiger partial charge >= 0.3 is 5.97 Å². The predicted molar refractivity (Wildman–Crippen MR) is 80.0 cm³/mol. The number of benzene rings is 2. The first-order valence-corrected chi connectivity index (χ1v) is 6.74. The number of halogens is 1. The standard InChI is InChI=1S/C17H17FO4/c1-21-14-7-6-12(16(10-14)22-2)9-15(17(19)20)11-4-3-5-13(18)8-11/h3-8,10,15H,9H2,1-2H3,(H,19,20). The fraction of sp³-hybridized carbons (Fsp3) is 0.235. The van der Waals surface area contributed by atoms with Crippen LogP contribution in [0.3, 0.4) is 0 Å². The molecule has 0 saturated carbocycles. The van der Waals surface area contributed by atoms with E-state index in [2.05, 4.69) is 0 Å². The maximum absolute atomic E-state index is 13.3. The lowest BCUT2D eigenvalue weighted by Gasteiger charge is -2.16. The molecule has 1 N–H and O–H groups in total. The van der Waals surface area contributed by atoms with E-state index in [0.29, 0.717) is 17.1 Å². The van der Waals surface area contributed by atoms with Crippen molar-refractivity contribution in [2.24, 2.45) is 0 Å². The summed E-state index contributed by atoms with van der Waals surface area (Å²) in [7, 11) is 3.05. The molecular weight excluding hydrogens is 287 g/mol. The lowest BCUT2D eigenvalue weighted by Crippen LogP contribution is -2.15. The van der Waals surface area contributed by atoms with Crippen LogP contribution in [0, 0.1) is 5.82 Å². The van der Waals surface area contributed by atoms with Gasteiger partial charge in [-0.05, 0) is 35.7 Å². The zero-order valence-electron chi connectivity index (χ0n) is 12.4. The van der Waals surface area contributed by atoms with Gasteiger partial charge in [0.25, 0.3) is 0 Å². The zero-order chi connectivity index (χ0) is 16.1. The molecule has 2 rings (SSSR count). The smallest absolute Gasteiger partial charge is 0.311 e. The third-order valence-corrected chi connectivity index (χ3v) is 3.47. The summed E-state index contributed by atoms with van der Waals surface area (Å²) < 4.78 is 23.7. The van der Waals surface area contributed by atoms with Crippen molar-refractivity contribution in [2.45, 2.75) is 12.3 Å². The van der Waals surface area contributed by atoms with Crippen LogP contribution < -0.4 is 9.47 Å². The van der Waals surface area contributed by atoms with Gasteiger partial charge in [-0.25, -0.2) is 4.39 Å². The number of carboxylic acids is 1. The number of rotatable bonds is 6. The Morgan fingerprint density at radius 1 is 1.18 bits per heavy atom. The SMILES string of the molecule is COc1ccc(CC(C(=O)O)c2cccc(F)c2)c(OC)c1. The van der Waals surface area contributed by atoms with Crippen molar-refractivity contribution in [2.75, 3.05) is 14.2 Å². The minimum Gasteiger partial charge on any atom is -0.497 e. The molecule has 2 aromatic rings. The number of methoxy groups -OCH3 is 2. The highest BCUT2D eigenvalue weighted by molar-refractivity contribution is 5.76. The van der Waals surface area contributed by atoms with E-state index in [1.807, 2.05) is 0 Å². The normalized spacial score (nSPS) is 11.8. The summed E-state index contributed by atoms with van der Waals surface area (Å²) in [5.74, 6) is -1.15. The van der Waals surface area contributed by atoms with E-state index in [1.54, 1.807) is 31.4 Å². The Morgan fingerprint density at radius 2 is 1.95 bits per heavy atom. The third-order valence-electron chi connectivity index (χ3n) is 3.47. The minimum atomic E-state index is -1.01. The van der Waals surface area contributed by atoms with Crippen molar-refractivity contribution < 1.29 is 23.8 Å². The Hall–Kier alpha value is -2.56. The third kappa shape index (κ3) is 3.55. The van der Waals surface area contributed by atoms with Crippen LogP contribution >= 0.6 is 0 Å². The Kier molecular flexibility index (Phi) is 4.99. The van der Waals surface area contributed by atoms with E-state index >= 15 is 0 Å². The Morgan fingerprint density at radius 3 is 2.55 bits per heavy atom. The van der Waals surface area contributed by atoms with Crippen molar-refractivity contribution >= 4 is 5.97 Å². The molecule has 0 fully saturated rings. The highest BCUT2D eigenvalue weighted by Gasteiger charge is 2.22. The first kappa shape index (κ1) is 15.8. The van der Waals surface area contributed by atoms with Crippen LogP contribution in [0.25, 0.3) is 0 Å². The molecule has 4 nitrogen and oxygen atoms in total. The molecule has 0 amide bonds. The highest BCUT2D eigenvalue weighted by Crippen LogP contribution is 2.30. The summed E-state index contributed by atoms with van der Waals surface area (Å²) >= 11 is 0. The predicted octanol–water partition coefficient (Wildman–Crippen LogP) is 3.25. The lowest BCUT2D eigenvalue weighted by atomic mass is 9.91. The van der Waals surface area contributed by atoms with Gasteiger partial charge in [-0.15, -0.1) is 0 Å².